The Balaban J connectivity index is 1.78. The van der Waals surface area contributed by atoms with Crippen LogP contribution in [0.5, 0.6) is 0 Å². The Kier molecular flexibility index (Phi) is 5.56. The van der Waals surface area contributed by atoms with E-state index in [1.54, 1.807) is 11.0 Å². The lowest BCUT2D eigenvalue weighted by Crippen LogP contribution is -2.39. The Labute approximate surface area is 150 Å². The van der Waals surface area contributed by atoms with Crippen molar-refractivity contribution in [2.75, 3.05) is 19.7 Å². The van der Waals surface area contributed by atoms with Gasteiger partial charge in [0.25, 0.3) is 0 Å². The van der Waals surface area contributed by atoms with Crippen molar-refractivity contribution >= 4 is 22.8 Å². The molecule has 1 amide bonds. The molecule has 0 spiro atoms. The van der Waals surface area contributed by atoms with E-state index in [1.165, 1.54) is 12.1 Å². The number of rotatable bonds is 7. The molecule has 1 aromatic carbocycles. The van der Waals surface area contributed by atoms with E-state index in [0.717, 1.165) is 29.6 Å². The van der Waals surface area contributed by atoms with E-state index in [9.17, 15) is 14.0 Å². The van der Waals surface area contributed by atoms with Crippen molar-refractivity contribution in [2.24, 2.45) is 0 Å². The van der Waals surface area contributed by atoms with Gasteiger partial charge in [-0.05, 0) is 43.5 Å². The van der Waals surface area contributed by atoms with E-state index < -0.39 is 5.97 Å². The molecule has 1 saturated heterocycles. The molecular formula is C19H23FN2O4. The Morgan fingerprint density at radius 2 is 2.23 bits per heavy atom. The number of aliphatic carboxylic acids is 1. The van der Waals surface area contributed by atoms with Gasteiger partial charge < -0.3 is 19.7 Å². The van der Waals surface area contributed by atoms with Gasteiger partial charge in [0.05, 0.1) is 18.9 Å². The Hall–Kier alpha value is -2.41. The van der Waals surface area contributed by atoms with Crippen molar-refractivity contribution in [1.82, 2.24) is 9.88 Å². The number of benzene rings is 1. The maximum atomic E-state index is 13.6. The van der Waals surface area contributed by atoms with Crippen molar-refractivity contribution < 1.29 is 23.8 Å². The average molecular weight is 362 g/mol. The molecule has 2 aromatic rings. The SMILES string of the molecule is Cc1[nH]c2ccc(F)cc2c1CC(=O)N(CCC(=O)O)CC1CCCO1. The van der Waals surface area contributed by atoms with Crippen molar-refractivity contribution in [2.45, 2.75) is 38.7 Å². The summed E-state index contributed by atoms with van der Waals surface area (Å²) in [7, 11) is 0. The monoisotopic (exact) mass is 362 g/mol. The van der Waals surface area contributed by atoms with E-state index in [2.05, 4.69) is 4.98 Å². The molecule has 0 bridgehead atoms. The predicted octanol–water partition coefficient (Wildman–Crippen LogP) is 2.64. The molecule has 26 heavy (non-hydrogen) atoms. The van der Waals surface area contributed by atoms with Crippen LogP contribution in [-0.4, -0.2) is 52.7 Å². The van der Waals surface area contributed by atoms with E-state index in [-0.39, 0.29) is 37.2 Å². The predicted molar refractivity (Wildman–Crippen MR) is 94.5 cm³/mol. The van der Waals surface area contributed by atoms with E-state index in [4.69, 9.17) is 9.84 Å². The smallest absolute Gasteiger partial charge is 0.305 e. The van der Waals surface area contributed by atoms with Gasteiger partial charge >= 0.3 is 5.97 Å². The number of hydrogen-bond donors (Lipinski definition) is 2. The van der Waals surface area contributed by atoms with Crippen molar-refractivity contribution in [3.8, 4) is 0 Å². The average Bonchev–Trinajstić information content (AvgIpc) is 3.20. The summed E-state index contributed by atoms with van der Waals surface area (Å²) in [5.41, 5.74) is 2.34. The van der Waals surface area contributed by atoms with Crippen molar-refractivity contribution in [3.63, 3.8) is 0 Å². The van der Waals surface area contributed by atoms with E-state index in [0.29, 0.717) is 18.5 Å². The van der Waals surface area contributed by atoms with Gasteiger partial charge in [0.15, 0.2) is 0 Å². The number of nitrogens with one attached hydrogen (secondary N) is 1. The normalized spacial score (nSPS) is 16.9. The first-order valence-corrected chi connectivity index (χ1v) is 8.82. The van der Waals surface area contributed by atoms with Gasteiger partial charge in [-0.3, -0.25) is 9.59 Å². The maximum Gasteiger partial charge on any atom is 0.305 e. The second-order valence-corrected chi connectivity index (χ2v) is 6.71. The molecule has 0 aliphatic carbocycles. The molecule has 1 aromatic heterocycles. The minimum Gasteiger partial charge on any atom is -0.481 e. The molecule has 0 saturated carbocycles. The van der Waals surface area contributed by atoms with Gasteiger partial charge in [0, 0.05) is 36.3 Å². The third-order valence-electron chi connectivity index (χ3n) is 4.81. The number of halogens is 1. The number of aromatic nitrogens is 1. The van der Waals surface area contributed by atoms with Crippen LogP contribution in [0.25, 0.3) is 10.9 Å². The number of amides is 1. The zero-order valence-corrected chi connectivity index (χ0v) is 14.8. The van der Waals surface area contributed by atoms with Crippen LogP contribution >= 0.6 is 0 Å². The summed E-state index contributed by atoms with van der Waals surface area (Å²) >= 11 is 0. The van der Waals surface area contributed by atoms with Gasteiger partial charge in [-0.25, -0.2) is 4.39 Å². The van der Waals surface area contributed by atoms with Gasteiger partial charge in [-0.1, -0.05) is 0 Å². The van der Waals surface area contributed by atoms with Crippen LogP contribution in [0, 0.1) is 12.7 Å². The number of carboxylic acid groups (broad SMARTS) is 1. The fourth-order valence-electron chi connectivity index (χ4n) is 3.43. The van der Waals surface area contributed by atoms with Crippen LogP contribution in [0.4, 0.5) is 4.39 Å². The van der Waals surface area contributed by atoms with Crippen LogP contribution in [-0.2, 0) is 20.7 Å². The number of hydrogen-bond acceptors (Lipinski definition) is 3. The van der Waals surface area contributed by atoms with Crippen LogP contribution < -0.4 is 0 Å². The number of aryl methyl sites for hydroxylation is 1. The number of nitrogens with zero attached hydrogens (tertiary/aromatic N) is 1. The summed E-state index contributed by atoms with van der Waals surface area (Å²) < 4.78 is 19.2. The summed E-state index contributed by atoms with van der Waals surface area (Å²) in [6.07, 6.45) is 1.76. The summed E-state index contributed by atoms with van der Waals surface area (Å²) in [4.78, 5) is 28.5. The Bertz CT molecular complexity index is 811. The fourth-order valence-corrected chi connectivity index (χ4v) is 3.43. The molecule has 0 radical (unpaired) electrons. The molecule has 1 aliphatic heterocycles. The summed E-state index contributed by atoms with van der Waals surface area (Å²) in [6, 6.07) is 4.45. The molecule has 1 atom stereocenters. The first kappa shape index (κ1) is 18.4. The van der Waals surface area contributed by atoms with E-state index >= 15 is 0 Å². The maximum absolute atomic E-state index is 13.6. The Morgan fingerprint density at radius 1 is 1.42 bits per heavy atom. The largest absolute Gasteiger partial charge is 0.481 e. The number of H-pyrrole nitrogens is 1. The molecule has 7 heteroatoms. The summed E-state index contributed by atoms with van der Waals surface area (Å²) in [5.74, 6) is -1.47. The highest BCUT2D eigenvalue weighted by molar-refractivity contribution is 5.90. The third-order valence-corrected chi connectivity index (χ3v) is 4.81. The molecule has 2 heterocycles. The highest BCUT2D eigenvalue weighted by Gasteiger charge is 2.24. The van der Waals surface area contributed by atoms with Gasteiger partial charge in [0.2, 0.25) is 5.91 Å². The highest BCUT2D eigenvalue weighted by Crippen LogP contribution is 2.24. The lowest BCUT2D eigenvalue weighted by Gasteiger charge is -2.25. The minimum absolute atomic E-state index is 0.0470. The van der Waals surface area contributed by atoms with Gasteiger partial charge in [0.1, 0.15) is 5.82 Å². The molecule has 1 unspecified atom stereocenters. The van der Waals surface area contributed by atoms with Gasteiger partial charge in [-0.2, -0.15) is 0 Å². The molecule has 1 aliphatic rings. The quantitative estimate of drug-likeness (QED) is 0.793. The van der Waals surface area contributed by atoms with Crippen LogP contribution in [0.3, 0.4) is 0 Å². The number of ether oxygens (including phenoxy) is 1. The second-order valence-electron chi connectivity index (χ2n) is 6.71. The molecule has 6 nitrogen and oxygen atoms in total. The van der Waals surface area contributed by atoms with Crippen molar-refractivity contribution in [3.05, 3.63) is 35.3 Å². The number of carbonyl (C=O) groups is 2. The number of aromatic amines is 1. The minimum atomic E-state index is -0.944. The van der Waals surface area contributed by atoms with Crippen LogP contribution in [0.1, 0.15) is 30.5 Å². The highest BCUT2D eigenvalue weighted by atomic mass is 19.1. The standard InChI is InChI=1S/C19H23FN2O4/c1-12-15(16-9-13(20)4-5-17(16)21-12)10-18(23)22(7-6-19(24)25)11-14-3-2-8-26-14/h4-5,9,14,21H,2-3,6-8,10-11H2,1H3,(H,24,25). The number of fused-ring (bicyclic) bond motifs is 1. The molecule has 3 rings (SSSR count). The zero-order valence-electron chi connectivity index (χ0n) is 14.8. The van der Waals surface area contributed by atoms with Crippen LogP contribution in [0.15, 0.2) is 18.2 Å². The third kappa shape index (κ3) is 4.22. The summed E-state index contributed by atoms with van der Waals surface area (Å²) in [5, 5.41) is 9.65. The number of carbonyl (C=O) groups excluding carboxylic acids is 1. The molecular weight excluding hydrogens is 339 g/mol. The molecule has 1 fully saturated rings. The first-order valence-electron chi connectivity index (χ1n) is 8.82. The van der Waals surface area contributed by atoms with Crippen molar-refractivity contribution in [1.29, 1.82) is 0 Å². The second kappa shape index (κ2) is 7.86. The summed E-state index contributed by atoms with van der Waals surface area (Å²) in [6.45, 7) is 3.06. The van der Waals surface area contributed by atoms with E-state index in [1.807, 2.05) is 6.92 Å². The lowest BCUT2D eigenvalue weighted by atomic mass is 10.1. The molecule has 140 valence electrons. The first-order chi connectivity index (χ1) is 12.4. The Morgan fingerprint density at radius 3 is 2.92 bits per heavy atom. The number of carboxylic acids is 1. The van der Waals surface area contributed by atoms with Gasteiger partial charge in [-0.15, -0.1) is 0 Å². The topological polar surface area (TPSA) is 82.6 Å². The van der Waals surface area contributed by atoms with Crippen LogP contribution in [0.2, 0.25) is 0 Å². The lowest BCUT2D eigenvalue weighted by molar-refractivity contribution is -0.139. The zero-order chi connectivity index (χ0) is 18.7. The molecule has 2 N–H and O–H groups in total. The fraction of sp³-hybridized carbons (Fsp3) is 0.474.